The molecule has 0 aliphatic heterocycles. The van der Waals surface area contributed by atoms with Crippen LogP contribution in [0.15, 0.2) is 35.2 Å². The van der Waals surface area contributed by atoms with Crippen molar-refractivity contribution in [1.29, 1.82) is 0 Å². The van der Waals surface area contributed by atoms with E-state index in [0.717, 1.165) is 38.5 Å². The van der Waals surface area contributed by atoms with E-state index in [1.807, 2.05) is 6.07 Å². The maximum atomic E-state index is 14.2. The van der Waals surface area contributed by atoms with E-state index in [9.17, 15) is 27.4 Å². The molecule has 5 aliphatic rings. The molecule has 0 spiro atoms. The van der Waals surface area contributed by atoms with Crippen molar-refractivity contribution in [2.75, 3.05) is 0 Å². The zero-order valence-electron chi connectivity index (χ0n) is 26.0. The Kier molecular flexibility index (Phi) is 8.84. The standard InChI is InChI=1S/C35H52F2O5S/c1-33-16-12-25(38)20-23(33)8-10-29-30-11-9-24(34(30,2)17-15-31(29)33)21-28(43(40,41)27-6-4-3-5-7-27)22-35(39)18-13-26(14-19-35)42-32(36)37/h3-7,23-26,28-32,38-39H,8-22H2,1-2H3/t23-,24?,25?,26?,28?,29?,30?,31?,33?,34?,35?/m0/s1. The molecule has 0 bridgehead atoms. The van der Waals surface area contributed by atoms with Crippen LogP contribution in [0.4, 0.5) is 8.78 Å². The number of benzene rings is 1. The van der Waals surface area contributed by atoms with Crippen LogP contribution in [0, 0.1) is 40.4 Å². The molecule has 5 fully saturated rings. The highest BCUT2D eigenvalue weighted by Crippen LogP contribution is 2.68. The van der Waals surface area contributed by atoms with Gasteiger partial charge in [0.2, 0.25) is 0 Å². The third-order valence-corrected chi connectivity index (χ3v) is 15.8. The fourth-order valence-electron chi connectivity index (χ4n) is 11.2. The fourth-order valence-corrected chi connectivity index (χ4v) is 13.1. The third kappa shape index (κ3) is 5.96. The number of aliphatic hydroxyl groups is 2. The molecule has 242 valence electrons. The van der Waals surface area contributed by atoms with E-state index < -0.39 is 33.4 Å². The Balaban J connectivity index is 1.22. The first-order valence-electron chi connectivity index (χ1n) is 17.0. The number of ether oxygens (including phenoxy) is 1. The van der Waals surface area contributed by atoms with E-state index in [2.05, 4.69) is 13.8 Å². The molecule has 5 saturated carbocycles. The summed E-state index contributed by atoms with van der Waals surface area (Å²) >= 11 is 0. The van der Waals surface area contributed by atoms with E-state index >= 15 is 0 Å². The second-order valence-corrected chi connectivity index (χ2v) is 17.9. The lowest BCUT2D eigenvalue weighted by molar-refractivity contribution is -0.181. The smallest absolute Gasteiger partial charge is 0.345 e. The Morgan fingerprint density at radius 1 is 0.884 bits per heavy atom. The van der Waals surface area contributed by atoms with Gasteiger partial charge < -0.3 is 14.9 Å². The molecule has 0 aromatic heterocycles. The average Bonchev–Trinajstić information content (AvgIpc) is 3.30. The lowest BCUT2D eigenvalue weighted by Crippen LogP contribution is -2.54. The Labute approximate surface area is 257 Å². The van der Waals surface area contributed by atoms with E-state index in [1.165, 1.54) is 19.3 Å². The third-order valence-electron chi connectivity index (χ3n) is 13.7. The van der Waals surface area contributed by atoms with Gasteiger partial charge >= 0.3 is 6.61 Å². The summed E-state index contributed by atoms with van der Waals surface area (Å²) in [7, 11) is -3.71. The number of sulfone groups is 1. The summed E-state index contributed by atoms with van der Waals surface area (Å²) in [5, 5.41) is 21.3. The van der Waals surface area contributed by atoms with E-state index in [0.29, 0.717) is 53.2 Å². The summed E-state index contributed by atoms with van der Waals surface area (Å²) in [6.45, 7) is 2.09. The van der Waals surface area contributed by atoms with Crippen LogP contribution in [0.25, 0.3) is 0 Å². The Morgan fingerprint density at radius 2 is 1.56 bits per heavy atom. The van der Waals surface area contributed by atoms with Crippen molar-refractivity contribution in [3.63, 3.8) is 0 Å². The Morgan fingerprint density at radius 3 is 2.26 bits per heavy atom. The molecule has 2 N–H and O–H groups in total. The Bertz CT molecular complexity index is 1220. The van der Waals surface area contributed by atoms with E-state index in [4.69, 9.17) is 4.74 Å². The van der Waals surface area contributed by atoms with Gasteiger partial charge in [-0.15, -0.1) is 0 Å². The number of alkyl halides is 2. The van der Waals surface area contributed by atoms with Gasteiger partial charge in [-0.1, -0.05) is 32.0 Å². The minimum atomic E-state index is -3.71. The lowest BCUT2D eigenvalue weighted by Gasteiger charge is -2.61. The Hall–Kier alpha value is -1.09. The second-order valence-electron chi connectivity index (χ2n) is 15.6. The summed E-state index contributed by atoms with van der Waals surface area (Å²) in [5.41, 5.74) is -0.825. The molecule has 8 unspecified atom stereocenters. The first-order valence-corrected chi connectivity index (χ1v) is 18.5. The molecule has 0 saturated heterocycles. The summed E-state index contributed by atoms with van der Waals surface area (Å²) in [5.74, 6) is 2.82. The van der Waals surface area contributed by atoms with Crippen LogP contribution in [0.3, 0.4) is 0 Å². The summed E-state index contributed by atoms with van der Waals surface area (Å²) in [6, 6.07) is 8.63. The molecular formula is C35H52F2O5S. The van der Waals surface area contributed by atoms with Gasteiger partial charge in [0.1, 0.15) is 0 Å². The number of rotatable bonds is 8. The number of hydrogen-bond donors (Lipinski definition) is 2. The highest BCUT2D eigenvalue weighted by Gasteiger charge is 2.60. The molecule has 5 nitrogen and oxygen atoms in total. The van der Waals surface area contributed by atoms with Crippen molar-refractivity contribution in [1.82, 2.24) is 0 Å². The molecule has 6 rings (SSSR count). The van der Waals surface area contributed by atoms with Crippen LogP contribution in [0.1, 0.15) is 110 Å². The molecule has 5 aliphatic carbocycles. The minimum Gasteiger partial charge on any atom is -0.393 e. The fraction of sp³-hybridized carbons (Fsp3) is 0.829. The molecule has 0 heterocycles. The maximum absolute atomic E-state index is 14.2. The molecule has 1 aromatic rings. The monoisotopic (exact) mass is 622 g/mol. The van der Waals surface area contributed by atoms with Crippen LogP contribution in [0.5, 0.6) is 0 Å². The van der Waals surface area contributed by atoms with Crippen LogP contribution < -0.4 is 0 Å². The summed E-state index contributed by atoms with van der Waals surface area (Å²) in [6.07, 6.45) is 10.9. The molecular weight excluding hydrogens is 570 g/mol. The zero-order chi connectivity index (χ0) is 30.6. The van der Waals surface area contributed by atoms with Gasteiger partial charge in [-0.25, -0.2) is 8.42 Å². The molecule has 8 heteroatoms. The van der Waals surface area contributed by atoms with Gasteiger partial charge in [0.25, 0.3) is 0 Å². The van der Waals surface area contributed by atoms with Crippen molar-refractivity contribution >= 4 is 9.84 Å². The largest absolute Gasteiger partial charge is 0.393 e. The van der Waals surface area contributed by atoms with Crippen LogP contribution in [-0.2, 0) is 14.6 Å². The number of halogens is 2. The normalized spacial score (nSPS) is 43.9. The quantitative estimate of drug-likeness (QED) is 0.313. The maximum Gasteiger partial charge on any atom is 0.345 e. The van der Waals surface area contributed by atoms with Crippen LogP contribution in [-0.4, -0.2) is 48.3 Å². The molecule has 9 atom stereocenters. The van der Waals surface area contributed by atoms with Crippen LogP contribution in [0.2, 0.25) is 0 Å². The van der Waals surface area contributed by atoms with Crippen molar-refractivity contribution < 1.29 is 32.1 Å². The van der Waals surface area contributed by atoms with Gasteiger partial charge in [0.05, 0.1) is 28.0 Å². The summed E-state index contributed by atoms with van der Waals surface area (Å²) < 4.78 is 58.8. The van der Waals surface area contributed by atoms with Crippen molar-refractivity contribution in [2.24, 2.45) is 40.4 Å². The van der Waals surface area contributed by atoms with Gasteiger partial charge in [-0.3, -0.25) is 0 Å². The van der Waals surface area contributed by atoms with Crippen molar-refractivity contribution in [2.45, 2.75) is 145 Å². The number of fused-ring (bicyclic) bond motifs is 5. The van der Waals surface area contributed by atoms with Gasteiger partial charge in [0.15, 0.2) is 9.84 Å². The molecule has 0 radical (unpaired) electrons. The first kappa shape index (κ1) is 31.9. The van der Waals surface area contributed by atoms with Gasteiger partial charge in [-0.2, -0.15) is 8.78 Å². The number of hydrogen-bond acceptors (Lipinski definition) is 5. The predicted molar refractivity (Wildman–Crippen MR) is 162 cm³/mol. The average molecular weight is 623 g/mol. The SMILES string of the molecule is CC12CCC3C(CC[C@H]4CC(O)CCC34C)C1CCC2CC(CC1(O)CCC(OC(F)F)CC1)S(=O)(=O)c1ccccc1. The van der Waals surface area contributed by atoms with Gasteiger partial charge in [0, 0.05) is 0 Å². The van der Waals surface area contributed by atoms with E-state index in [1.54, 1.807) is 24.3 Å². The lowest BCUT2D eigenvalue weighted by atomic mass is 9.44. The minimum absolute atomic E-state index is 0.0778. The molecule has 0 amide bonds. The van der Waals surface area contributed by atoms with Crippen molar-refractivity contribution in [3.8, 4) is 0 Å². The van der Waals surface area contributed by atoms with E-state index in [-0.39, 0.29) is 36.7 Å². The zero-order valence-corrected chi connectivity index (χ0v) is 26.8. The summed E-state index contributed by atoms with van der Waals surface area (Å²) in [4.78, 5) is 0.299. The van der Waals surface area contributed by atoms with Crippen LogP contribution >= 0.6 is 0 Å². The van der Waals surface area contributed by atoms with Crippen molar-refractivity contribution in [3.05, 3.63) is 30.3 Å². The molecule has 43 heavy (non-hydrogen) atoms. The number of aliphatic hydroxyl groups excluding tert-OH is 1. The topological polar surface area (TPSA) is 83.8 Å². The highest BCUT2D eigenvalue weighted by molar-refractivity contribution is 7.92. The molecule has 1 aromatic carbocycles. The first-order chi connectivity index (χ1) is 20.3. The second kappa shape index (κ2) is 11.9. The van der Waals surface area contributed by atoms with Gasteiger partial charge in [-0.05, 0) is 149 Å². The highest BCUT2D eigenvalue weighted by atomic mass is 32.2. The predicted octanol–water partition coefficient (Wildman–Crippen LogP) is 7.54.